The van der Waals surface area contributed by atoms with Crippen LogP contribution in [0.1, 0.15) is 13.8 Å². The van der Waals surface area contributed by atoms with Crippen molar-refractivity contribution in [2.45, 2.75) is 32.2 Å². The van der Waals surface area contributed by atoms with E-state index in [0.29, 0.717) is 0 Å². The van der Waals surface area contributed by atoms with Gasteiger partial charge in [0.05, 0.1) is 18.3 Å². The highest BCUT2D eigenvalue weighted by Crippen LogP contribution is 2.23. The Morgan fingerprint density at radius 1 is 1.42 bits per heavy atom. The fourth-order valence-corrected chi connectivity index (χ4v) is 1.18. The second-order valence-electron chi connectivity index (χ2n) is 4.20. The number of nitrogens with zero attached hydrogens (tertiary/aromatic N) is 1. The zero-order valence-electron chi connectivity index (χ0n) is 10.5. The Morgan fingerprint density at radius 3 is 2.58 bits per heavy atom. The van der Waals surface area contributed by atoms with Gasteiger partial charge in [-0.3, -0.25) is 0 Å². The number of hydrogen-bond acceptors (Lipinski definition) is 5. The molecular formula is C11H16F3N3O2. The number of aliphatic hydroxyl groups is 1. The molecule has 0 radical (unpaired) electrons. The van der Waals surface area contributed by atoms with E-state index in [-0.39, 0.29) is 23.5 Å². The van der Waals surface area contributed by atoms with E-state index in [4.69, 9.17) is 15.6 Å². The van der Waals surface area contributed by atoms with Crippen molar-refractivity contribution in [3.05, 3.63) is 12.1 Å². The summed E-state index contributed by atoms with van der Waals surface area (Å²) in [5.41, 5.74) is 5.91. The highest BCUT2D eigenvalue weighted by Gasteiger charge is 2.37. The molecule has 1 atom stereocenters. The third kappa shape index (κ3) is 4.82. The van der Waals surface area contributed by atoms with E-state index in [1.165, 1.54) is 12.1 Å². The van der Waals surface area contributed by atoms with Crippen LogP contribution in [0.4, 0.5) is 24.7 Å². The summed E-state index contributed by atoms with van der Waals surface area (Å²) < 4.78 is 41.6. The highest BCUT2D eigenvalue weighted by molar-refractivity contribution is 5.53. The van der Waals surface area contributed by atoms with E-state index >= 15 is 0 Å². The summed E-state index contributed by atoms with van der Waals surface area (Å²) in [7, 11) is 0. The number of nitrogens with two attached hydrogens (primary N) is 1. The molecule has 0 aliphatic carbocycles. The molecule has 1 rings (SSSR count). The molecule has 0 saturated heterocycles. The van der Waals surface area contributed by atoms with Crippen LogP contribution in [0.25, 0.3) is 0 Å². The predicted molar refractivity (Wildman–Crippen MR) is 65.0 cm³/mol. The number of nitrogens with one attached hydrogen (secondary N) is 1. The number of alkyl halides is 3. The predicted octanol–water partition coefficient (Wildman–Crippen LogP) is 1.79. The van der Waals surface area contributed by atoms with Crippen LogP contribution < -0.4 is 15.8 Å². The molecule has 0 aliphatic heterocycles. The lowest BCUT2D eigenvalue weighted by Crippen LogP contribution is -2.35. The lowest BCUT2D eigenvalue weighted by Gasteiger charge is -2.16. The van der Waals surface area contributed by atoms with Gasteiger partial charge >= 0.3 is 6.18 Å². The van der Waals surface area contributed by atoms with Crippen LogP contribution >= 0.6 is 0 Å². The third-order valence-corrected chi connectivity index (χ3v) is 2.09. The van der Waals surface area contributed by atoms with Gasteiger partial charge in [-0.05, 0) is 26.0 Å². The van der Waals surface area contributed by atoms with Crippen molar-refractivity contribution in [1.29, 1.82) is 0 Å². The molecule has 5 nitrogen and oxygen atoms in total. The summed E-state index contributed by atoms with van der Waals surface area (Å²) in [6.07, 6.45) is -7.29. The molecule has 19 heavy (non-hydrogen) atoms. The number of pyridine rings is 1. The van der Waals surface area contributed by atoms with Crippen LogP contribution in [-0.2, 0) is 0 Å². The Balaban J connectivity index is 2.69. The molecule has 0 saturated carbocycles. The first-order valence-electron chi connectivity index (χ1n) is 5.62. The van der Waals surface area contributed by atoms with Crippen molar-refractivity contribution in [2.24, 2.45) is 0 Å². The molecule has 108 valence electrons. The van der Waals surface area contributed by atoms with Crippen molar-refractivity contribution in [3.63, 3.8) is 0 Å². The Kier molecular flexibility index (Phi) is 4.82. The van der Waals surface area contributed by atoms with Crippen LogP contribution in [0.3, 0.4) is 0 Å². The minimum absolute atomic E-state index is 0.140. The molecular weight excluding hydrogens is 263 g/mol. The molecule has 0 fully saturated rings. The fourth-order valence-electron chi connectivity index (χ4n) is 1.18. The van der Waals surface area contributed by atoms with Crippen molar-refractivity contribution < 1.29 is 23.0 Å². The molecule has 8 heteroatoms. The van der Waals surface area contributed by atoms with Gasteiger partial charge in [-0.2, -0.15) is 18.2 Å². The summed E-state index contributed by atoms with van der Waals surface area (Å²) >= 11 is 0. The van der Waals surface area contributed by atoms with Gasteiger partial charge in [0.15, 0.2) is 6.10 Å². The molecule has 4 N–H and O–H groups in total. The monoisotopic (exact) mass is 279 g/mol. The van der Waals surface area contributed by atoms with Gasteiger partial charge in [-0.25, -0.2) is 0 Å². The Bertz CT molecular complexity index is 424. The van der Waals surface area contributed by atoms with Crippen LogP contribution in [0.15, 0.2) is 12.1 Å². The van der Waals surface area contributed by atoms with E-state index < -0.39 is 18.8 Å². The number of rotatable bonds is 5. The molecule has 0 bridgehead atoms. The zero-order valence-corrected chi connectivity index (χ0v) is 10.5. The first-order chi connectivity index (χ1) is 8.70. The number of halogens is 3. The highest BCUT2D eigenvalue weighted by atomic mass is 19.4. The molecule has 0 aromatic carbocycles. The maximum Gasteiger partial charge on any atom is 0.416 e. The maximum absolute atomic E-state index is 12.1. The number of aliphatic hydroxyl groups excluding tert-OH is 1. The van der Waals surface area contributed by atoms with Crippen molar-refractivity contribution in [3.8, 4) is 5.88 Å². The van der Waals surface area contributed by atoms with Crippen molar-refractivity contribution in [2.75, 3.05) is 17.6 Å². The van der Waals surface area contributed by atoms with E-state index in [2.05, 4.69) is 10.3 Å². The molecule has 0 spiro atoms. The zero-order chi connectivity index (χ0) is 14.6. The van der Waals surface area contributed by atoms with E-state index in [1.54, 1.807) is 13.8 Å². The number of anilines is 2. The van der Waals surface area contributed by atoms with Crippen LogP contribution in [0.5, 0.6) is 5.88 Å². The number of ether oxygens (including phenoxy) is 1. The number of aromatic nitrogens is 1. The molecule has 1 heterocycles. The molecule has 1 unspecified atom stereocenters. The first-order valence-corrected chi connectivity index (χ1v) is 5.62. The van der Waals surface area contributed by atoms with Gasteiger partial charge < -0.3 is 20.9 Å². The summed E-state index contributed by atoms with van der Waals surface area (Å²) in [4.78, 5) is 3.93. The van der Waals surface area contributed by atoms with Gasteiger partial charge in [0.1, 0.15) is 5.82 Å². The van der Waals surface area contributed by atoms with Crippen LogP contribution in [-0.4, -0.2) is 35.0 Å². The van der Waals surface area contributed by atoms with Gasteiger partial charge in [0.2, 0.25) is 5.88 Å². The molecule has 1 aromatic heterocycles. The normalized spacial score (nSPS) is 13.4. The minimum Gasteiger partial charge on any atom is -0.473 e. The lowest BCUT2D eigenvalue weighted by atomic mass is 10.3. The second-order valence-corrected chi connectivity index (χ2v) is 4.20. The molecule has 0 amide bonds. The van der Waals surface area contributed by atoms with E-state index in [0.717, 1.165) is 0 Å². The maximum atomic E-state index is 12.1. The second kappa shape index (κ2) is 5.96. The third-order valence-electron chi connectivity index (χ3n) is 2.09. The first kappa shape index (κ1) is 15.4. The van der Waals surface area contributed by atoms with Gasteiger partial charge in [-0.15, -0.1) is 0 Å². The fraction of sp³-hybridized carbons (Fsp3) is 0.545. The summed E-state index contributed by atoms with van der Waals surface area (Å²) in [6.45, 7) is 2.85. The van der Waals surface area contributed by atoms with Crippen LogP contribution in [0, 0.1) is 0 Å². The van der Waals surface area contributed by atoms with E-state index in [1.807, 2.05) is 0 Å². The lowest BCUT2D eigenvalue weighted by molar-refractivity contribution is -0.198. The quantitative estimate of drug-likeness (QED) is 0.765. The topological polar surface area (TPSA) is 80.4 Å². The van der Waals surface area contributed by atoms with Crippen molar-refractivity contribution in [1.82, 2.24) is 4.98 Å². The number of nitrogen functional groups attached to an aromatic ring is 1. The summed E-state index contributed by atoms with van der Waals surface area (Å²) in [6, 6.07) is 2.87. The van der Waals surface area contributed by atoms with Crippen LogP contribution in [0.2, 0.25) is 0 Å². The standard InChI is InChI=1S/C11H16F3N3O2/c1-6(2)19-10-7(15)3-4-9(17-10)16-5-8(18)11(12,13)14/h3-4,6,8,18H,5,15H2,1-2H3,(H,16,17). The average molecular weight is 279 g/mol. The Morgan fingerprint density at radius 2 is 2.05 bits per heavy atom. The molecule has 0 aliphatic rings. The summed E-state index contributed by atoms with van der Waals surface area (Å²) in [5.74, 6) is 0.287. The smallest absolute Gasteiger partial charge is 0.416 e. The Labute approximate surface area is 108 Å². The largest absolute Gasteiger partial charge is 0.473 e. The SMILES string of the molecule is CC(C)Oc1nc(NCC(O)C(F)(F)F)ccc1N. The Hall–Kier alpha value is -1.70. The average Bonchev–Trinajstić information content (AvgIpc) is 2.27. The van der Waals surface area contributed by atoms with Gasteiger partial charge in [0.25, 0.3) is 0 Å². The van der Waals surface area contributed by atoms with Gasteiger partial charge in [0, 0.05) is 0 Å². The summed E-state index contributed by atoms with van der Waals surface area (Å²) in [5, 5.41) is 11.2. The van der Waals surface area contributed by atoms with Crippen molar-refractivity contribution >= 4 is 11.5 Å². The minimum atomic E-state index is -4.67. The number of hydrogen-bond donors (Lipinski definition) is 3. The molecule has 1 aromatic rings. The van der Waals surface area contributed by atoms with E-state index in [9.17, 15) is 13.2 Å². The van der Waals surface area contributed by atoms with Gasteiger partial charge in [-0.1, -0.05) is 0 Å².